The summed E-state index contributed by atoms with van der Waals surface area (Å²) in [5.41, 5.74) is 8.75. The maximum atomic E-state index is 6.07. The van der Waals surface area contributed by atoms with E-state index in [-0.39, 0.29) is 6.04 Å². The normalized spacial score (nSPS) is 21.0. The van der Waals surface area contributed by atoms with Gasteiger partial charge in [0.05, 0.1) is 0 Å². The number of hydrogen-bond donors (Lipinski definition) is 1. The molecule has 1 aromatic rings. The Morgan fingerprint density at radius 1 is 1.35 bits per heavy atom. The molecule has 2 rings (SSSR count). The van der Waals surface area contributed by atoms with Crippen LogP contribution in [0.25, 0.3) is 0 Å². The Morgan fingerprint density at radius 3 is 2.80 bits per heavy atom. The van der Waals surface area contributed by atoms with Crippen molar-refractivity contribution in [1.82, 2.24) is 0 Å². The minimum atomic E-state index is 0.260. The number of anilines is 1. The first kappa shape index (κ1) is 15.8. The van der Waals surface area contributed by atoms with Crippen LogP contribution in [-0.2, 0) is 6.42 Å². The van der Waals surface area contributed by atoms with Crippen molar-refractivity contribution in [3.8, 4) is 0 Å². The van der Waals surface area contributed by atoms with E-state index < -0.39 is 0 Å². The average Bonchev–Trinajstić information content (AvgIpc) is 2.49. The van der Waals surface area contributed by atoms with Gasteiger partial charge in [-0.2, -0.15) is 0 Å². The van der Waals surface area contributed by atoms with Gasteiger partial charge in [0.2, 0.25) is 0 Å². The van der Waals surface area contributed by atoms with Crippen LogP contribution in [-0.4, -0.2) is 18.6 Å². The van der Waals surface area contributed by atoms with Gasteiger partial charge < -0.3 is 10.6 Å². The van der Waals surface area contributed by atoms with Crippen LogP contribution >= 0.6 is 15.9 Å². The fourth-order valence-electron chi connectivity index (χ4n) is 3.07. The van der Waals surface area contributed by atoms with Crippen LogP contribution in [0.2, 0.25) is 0 Å². The van der Waals surface area contributed by atoms with Crippen LogP contribution in [0, 0.1) is 0 Å². The molecule has 1 fully saturated rings. The number of nitrogens with zero attached hydrogens (tertiary/aromatic N) is 1. The molecular weight excluding hydrogens is 312 g/mol. The molecule has 1 aromatic carbocycles. The summed E-state index contributed by atoms with van der Waals surface area (Å²) < 4.78 is 1.21. The van der Waals surface area contributed by atoms with E-state index in [0.29, 0.717) is 6.04 Å². The Labute approximate surface area is 131 Å². The van der Waals surface area contributed by atoms with Crippen LogP contribution in [0.3, 0.4) is 0 Å². The Balaban J connectivity index is 2.15. The van der Waals surface area contributed by atoms with Crippen molar-refractivity contribution in [1.29, 1.82) is 0 Å². The third kappa shape index (κ3) is 3.76. The summed E-state index contributed by atoms with van der Waals surface area (Å²) in [5, 5.41) is 0. The molecule has 0 saturated carbocycles. The first-order valence-electron chi connectivity index (χ1n) is 7.96. The highest BCUT2D eigenvalue weighted by molar-refractivity contribution is 9.10. The summed E-state index contributed by atoms with van der Waals surface area (Å²) >= 11 is 3.73. The van der Waals surface area contributed by atoms with Crippen molar-refractivity contribution in [3.63, 3.8) is 0 Å². The molecule has 1 saturated heterocycles. The van der Waals surface area contributed by atoms with Gasteiger partial charge in [-0.15, -0.1) is 0 Å². The molecule has 112 valence electrons. The second-order valence-corrected chi connectivity index (χ2v) is 6.75. The summed E-state index contributed by atoms with van der Waals surface area (Å²) in [6.07, 6.45) is 7.24. The lowest BCUT2D eigenvalue weighted by Gasteiger charge is -2.37. The van der Waals surface area contributed by atoms with Gasteiger partial charge in [-0.1, -0.05) is 35.8 Å². The number of rotatable bonds is 5. The molecule has 1 aliphatic rings. The van der Waals surface area contributed by atoms with E-state index >= 15 is 0 Å². The minimum absolute atomic E-state index is 0.260. The van der Waals surface area contributed by atoms with E-state index in [2.05, 4.69) is 52.9 Å². The molecule has 0 aromatic heterocycles. The van der Waals surface area contributed by atoms with Crippen LogP contribution in [0.15, 0.2) is 22.7 Å². The highest BCUT2D eigenvalue weighted by Gasteiger charge is 2.21. The molecule has 0 radical (unpaired) electrons. The van der Waals surface area contributed by atoms with Gasteiger partial charge in [0.25, 0.3) is 0 Å². The van der Waals surface area contributed by atoms with Crippen LogP contribution in [0.5, 0.6) is 0 Å². The first-order valence-corrected chi connectivity index (χ1v) is 8.75. The molecule has 1 aliphatic heterocycles. The minimum Gasteiger partial charge on any atom is -0.369 e. The molecule has 2 N–H and O–H groups in total. The molecule has 0 spiro atoms. The zero-order valence-corrected chi connectivity index (χ0v) is 14.3. The number of piperidine rings is 1. The molecule has 2 unspecified atom stereocenters. The van der Waals surface area contributed by atoms with Gasteiger partial charge in [-0.25, -0.2) is 0 Å². The largest absolute Gasteiger partial charge is 0.369 e. The van der Waals surface area contributed by atoms with E-state index in [4.69, 9.17) is 5.73 Å². The average molecular weight is 339 g/mol. The van der Waals surface area contributed by atoms with Crippen molar-refractivity contribution in [2.24, 2.45) is 5.73 Å². The van der Waals surface area contributed by atoms with Crippen molar-refractivity contribution < 1.29 is 0 Å². The number of halogens is 1. The van der Waals surface area contributed by atoms with E-state index in [1.807, 2.05) is 0 Å². The second kappa shape index (κ2) is 7.46. The lowest BCUT2D eigenvalue weighted by molar-refractivity contribution is 0.450. The van der Waals surface area contributed by atoms with Crippen molar-refractivity contribution in [2.45, 2.75) is 64.5 Å². The Bertz CT molecular complexity index is 433. The van der Waals surface area contributed by atoms with E-state index in [9.17, 15) is 0 Å². The van der Waals surface area contributed by atoms with E-state index in [1.165, 1.54) is 48.0 Å². The molecule has 2 nitrogen and oxygen atoms in total. The van der Waals surface area contributed by atoms with E-state index in [1.54, 1.807) is 0 Å². The summed E-state index contributed by atoms with van der Waals surface area (Å²) in [6.45, 7) is 5.64. The summed E-state index contributed by atoms with van der Waals surface area (Å²) in [5.74, 6) is 0. The van der Waals surface area contributed by atoms with Crippen molar-refractivity contribution >= 4 is 21.6 Å². The molecule has 0 bridgehead atoms. The van der Waals surface area contributed by atoms with Crippen molar-refractivity contribution in [3.05, 3.63) is 28.2 Å². The molecule has 1 heterocycles. The van der Waals surface area contributed by atoms with Gasteiger partial charge in [-0.05, 0) is 56.2 Å². The number of nitrogens with two attached hydrogens (primary N) is 1. The highest BCUT2D eigenvalue weighted by Crippen LogP contribution is 2.30. The molecular formula is C17H27BrN2. The number of hydrogen-bond acceptors (Lipinski definition) is 2. The number of benzene rings is 1. The lowest BCUT2D eigenvalue weighted by atomic mass is 9.98. The van der Waals surface area contributed by atoms with Crippen LogP contribution in [0.1, 0.15) is 51.5 Å². The molecule has 0 amide bonds. The third-order valence-corrected chi connectivity index (χ3v) is 5.21. The Hall–Kier alpha value is -0.540. The van der Waals surface area contributed by atoms with Gasteiger partial charge in [0.1, 0.15) is 0 Å². The predicted molar refractivity (Wildman–Crippen MR) is 91.4 cm³/mol. The second-order valence-electron chi connectivity index (χ2n) is 5.90. The third-order valence-electron chi connectivity index (χ3n) is 4.47. The smallest absolute Gasteiger partial charge is 0.0380 e. The zero-order chi connectivity index (χ0) is 14.5. The quantitative estimate of drug-likeness (QED) is 0.856. The van der Waals surface area contributed by atoms with Crippen LogP contribution in [0.4, 0.5) is 5.69 Å². The lowest BCUT2D eigenvalue weighted by Crippen LogP contribution is -2.39. The molecule has 20 heavy (non-hydrogen) atoms. The summed E-state index contributed by atoms with van der Waals surface area (Å²) in [6, 6.07) is 7.77. The first-order chi connectivity index (χ1) is 9.65. The topological polar surface area (TPSA) is 29.3 Å². The summed E-state index contributed by atoms with van der Waals surface area (Å²) in [7, 11) is 0. The zero-order valence-electron chi connectivity index (χ0n) is 12.7. The molecule has 2 atom stereocenters. The molecule has 3 heteroatoms. The van der Waals surface area contributed by atoms with Gasteiger partial charge in [0, 0.05) is 28.8 Å². The van der Waals surface area contributed by atoms with E-state index in [0.717, 1.165) is 12.8 Å². The predicted octanol–water partition coefficient (Wildman–Crippen LogP) is 4.50. The Kier molecular flexibility index (Phi) is 5.91. The maximum Gasteiger partial charge on any atom is 0.0380 e. The van der Waals surface area contributed by atoms with Gasteiger partial charge in [-0.3, -0.25) is 0 Å². The maximum absolute atomic E-state index is 6.07. The summed E-state index contributed by atoms with van der Waals surface area (Å²) in [4.78, 5) is 2.58. The van der Waals surface area contributed by atoms with Crippen LogP contribution < -0.4 is 10.6 Å². The van der Waals surface area contributed by atoms with Gasteiger partial charge >= 0.3 is 0 Å². The van der Waals surface area contributed by atoms with Crippen molar-refractivity contribution in [2.75, 3.05) is 11.4 Å². The fourth-order valence-corrected chi connectivity index (χ4v) is 3.60. The highest BCUT2D eigenvalue weighted by atomic mass is 79.9. The van der Waals surface area contributed by atoms with Gasteiger partial charge in [0.15, 0.2) is 0 Å². The standard InChI is InChI=1S/C17H27BrN2/c1-3-14(19)11-13-8-9-16(12-17(13)18)20-10-6-5-7-15(20)4-2/h8-9,12,14-15H,3-7,10-11,19H2,1-2H3. The molecule has 0 aliphatic carbocycles. The SMILES string of the molecule is CCC(N)Cc1ccc(N2CCCCC2CC)cc1Br. The fraction of sp³-hybridized carbons (Fsp3) is 0.647. The monoisotopic (exact) mass is 338 g/mol. The Morgan fingerprint density at radius 2 is 2.15 bits per heavy atom.